The Bertz CT molecular complexity index is 1030. The molecule has 27 heavy (non-hydrogen) atoms. The number of aromatic nitrogens is 3. The molecule has 0 saturated carbocycles. The molecule has 1 aliphatic heterocycles. The number of hydrogen-bond donors (Lipinski definition) is 2. The smallest absolute Gasteiger partial charge is 0.168 e. The van der Waals surface area contributed by atoms with Gasteiger partial charge in [0.15, 0.2) is 5.82 Å². The van der Waals surface area contributed by atoms with Gasteiger partial charge in [0.2, 0.25) is 0 Å². The fourth-order valence-corrected chi connectivity index (χ4v) is 4.49. The Morgan fingerprint density at radius 2 is 2.22 bits per heavy atom. The number of ether oxygens (including phenoxy) is 1. The lowest BCUT2D eigenvalue weighted by Gasteiger charge is -2.10. The Morgan fingerprint density at radius 1 is 1.37 bits per heavy atom. The quantitative estimate of drug-likeness (QED) is 0.667. The van der Waals surface area contributed by atoms with Crippen molar-refractivity contribution in [1.82, 2.24) is 14.8 Å². The second kappa shape index (κ2) is 7.00. The van der Waals surface area contributed by atoms with E-state index in [4.69, 9.17) is 15.9 Å². The van der Waals surface area contributed by atoms with Gasteiger partial charge >= 0.3 is 0 Å². The predicted octanol–water partition coefficient (Wildman–Crippen LogP) is 4.14. The second-order valence-corrected chi connectivity index (χ2v) is 7.71. The van der Waals surface area contributed by atoms with Crippen LogP contribution in [0.25, 0.3) is 26.7 Å². The number of nitrogens with two attached hydrogens (primary N) is 1. The van der Waals surface area contributed by atoms with E-state index in [1.54, 1.807) is 17.7 Å². The molecule has 2 aromatic heterocycles. The molecule has 6 nitrogen and oxygen atoms in total. The number of hydrogen-bond acceptors (Lipinski definition) is 6. The Labute approximate surface area is 161 Å². The largest absolute Gasteiger partial charge is 0.493 e. The minimum atomic E-state index is 0.255. The van der Waals surface area contributed by atoms with E-state index < -0.39 is 0 Å². The van der Waals surface area contributed by atoms with Crippen molar-refractivity contribution < 1.29 is 4.74 Å². The summed E-state index contributed by atoms with van der Waals surface area (Å²) in [7, 11) is 0. The maximum absolute atomic E-state index is 7.51. The normalized spacial score (nSPS) is 13.7. The van der Waals surface area contributed by atoms with Crippen molar-refractivity contribution in [3.63, 3.8) is 0 Å². The molecule has 1 aliphatic rings. The van der Waals surface area contributed by atoms with Gasteiger partial charge in [-0.15, -0.1) is 11.3 Å². The first-order valence-electron chi connectivity index (χ1n) is 8.85. The third-order valence-electron chi connectivity index (χ3n) is 4.62. The van der Waals surface area contributed by atoms with Gasteiger partial charge in [-0.05, 0) is 43.2 Å². The highest BCUT2D eigenvalue weighted by atomic mass is 32.1. The summed E-state index contributed by atoms with van der Waals surface area (Å²) in [5, 5.41) is 11.9. The molecule has 0 bridgehead atoms. The summed E-state index contributed by atoms with van der Waals surface area (Å²) in [6.45, 7) is 4.82. The van der Waals surface area contributed by atoms with Crippen LogP contribution in [0.1, 0.15) is 31.0 Å². The van der Waals surface area contributed by atoms with Crippen molar-refractivity contribution in [3.8, 4) is 26.9 Å². The van der Waals surface area contributed by atoms with Gasteiger partial charge in [-0.3, -0.25) is 0 Å². The molecule has 0 fully saturated rings. The molecule has 0 saturated heterocycles. The Hall–Kier alpha value is -2.93. The van der Waals surface area contributed by atoms with Crippen LogP contribution in [0.3, 0.4) is 0 Å². The van der Waals surface area contributed by atoms with E-state index in [9.17, 15) is 0 Å². The molecule has 7 heteroatoms. The first-order chi connectivity index (χ1) is 13.1. The Kier molecular flexibility index (Phi) is 4.53. The highest BCUT2D eigenvalue weighted by molar-refractivity contribution is 7.19. The van der Waals surface area contributed by atoms with Gasteiger partial charge in [-0.2, -0.15) is 5.10 Å². The van der Waals surface area contributed by atoms with Gasteiger partial charge in [0.25, 0.3) is 0 Å². The fraction of sp³-hybridized carbons (Fsp3) is 0.250. The summed E-state index contributed by atoms with van der Waals surface area (Å²) >= 11 is 1.72. The number of allylic oxidation sites excluding steroid dienone is 1. The van der Waals surface area contributed by atoms with Gasteiger partial charge in [-0.25, -0.2) is 9.67 Å². The van der Waals surface area contributed by atoms with Crippen LogP contribution < -0.4 is 10.5 Å². The summed E-state index contributed by atoms with van der Waals surface area (Å²) in [4.78, 5) is 6.79. The number of nitrogens with one attached hydrogen (secondary N) is 1. The molecule has 0 unspecified atom stereocenters. The zero-order valence-corrected chi connectivity index (χ0v) is 16.1. The number of benzene rings is 1. The lowest BCUT2D eigenvalue weighted by Crippen LogP contribution is -2.04. The number of rotatable bonds is 4. The number of fused-ring (bicyclic) bond motifs is 3. The minimum absolute atomic E-state index is 0.255. The molecule has 1 aromatic carbocycles. The van der Waals surface area contributed by atoms with Gasteiger partial charge in [0.05, 0.1) is 11.5 Å². The molecule has 0 spiro atoms. The number of thiophene rings is 1. The Morgan fingerprint density at radius 3 is 2.96 bits per heavy atom. The summed E-state index contributed by atoms with van der Waals surface area (Å²) in [5.41, 5.74) is 9.51. The monoisotopic (exact) mass is 379 g/mol. The van der Waals surface area contributed by atoms with Gasteiger partial charge in [0.1, 0.15) is 12.1 Å². The van der Waals surface area contributed by atoms with Crippen molar-refractivity contribution in [2.24, 2.45) is 5.73 Å². The summed E-state index contributed by atoms with van der Waals surface area (Å²) < 4.78 is 7.94. The van der Waals surface area contributed by atoms with E-state index in [2.05, 4.69) is 36.1 Å². The van der Waals surface area contributed by atoms with Crippen molar-refractivity contribution in [1.29, 1.82) is 5.41 Å². The van der Waals surface area contributed by atoms with Crippen LogP contribution in [0.4, 0.5) is 0 Å². The summed E-state index contributed by atoms with van der Waals surface area (Å²) in [6, 6.07) is 8.46. The third kappa shape index (κ3) is 3.04. The summed E-state index contributed by atoms with van der Waals surface area (Å²) in [5.74, 6) is 1.73. The molecule has 3 heterocycles. The van der Waals surface area contributed by atoms with E-state index in [-0.39, 0.29) is 6.04 Å². The van der Waals surface area contributed by atoms with E-state index in [0.29, 0.717) is 12.2 Å². The second-order valence-electron chi connectivity index (χ2n) is 6.66. The van der Waals surface area contributed by atoms with Crippen LogP contribution in [-0.2, 0) is 6.42 Å². The minimum Gasteiger partial charge on any atom is -0.493 e. The topological polar surface area (TPSA) is 89.8 Å². The molecule has 3 N–H and O–H groups in total. The molecule has 4 rings (SSSR count). The molecule has 0 radical (unpaired) electrons. The van der Waals surface area contributed by atoms with E-state index in [1.807, 2.05) is 16.8 Å². The first kappa shape index (κ1) is 17.5. The van der Waals surface area contributed by atoms with Crippen LogP contribution in [0, 0.1) is 5.41 Å². The van der Waals surface area contributed by atoms with Gasteiger partial charge in [0, 0.05) is 40.9 Å². The van der Waals surface area contributed by atoms with E-state index >= 15 is 0 Å². The predicted molar refractivity (Wildman–Crippen MR) is 109 cm³/mol. The van der Waals surface area contributed by atoms with E-state index in [0.717, 1.165) is 34.0 Å². The van der Waals surface area contributed by atoms with Crippen molar-refractivity contribution >= 4 is 23.1 Å². The van der Waals surface area contributed by atoms with Crippen LogP contribution in [0.5, 0.6) is 5.75 Å². The molecule has 0 amide bonds. The third-order valence-corrected chi connectivity index (χ3v) is 5.82. The average molecular weight is 379 g/mol. The van der Waals surface area contributed by atoms with Crippen molar-refractivity contribution in [2.75, 3.05) is 6.61 Å². The summed E-state index contributed by atoms with van der Waals surface area (Å²) in [6.07, 6.45) is 5.15. The average Bonchev–Trinajstić information content (AvgIpc) is 3.27. The highest BCUT2D eigenvalue weighted by Gasteiger charge is 2.22. The van der Waals surface area contributed by atoms with Gasteiger partial charge in [-0.1, -0.05) is 6.07 Å². The lowest BCUT2D eigenvalue weighted by atomic mass is 10.0. The standard InChI is InChI=1S/C20H21N5OS/c1-12(2)25-20(23-11-24-25)18-8-14-5-6-26-17-7-13(15(9-21)10-22)3-4-16(17)19(14)27-18/h3-4,7-12,21H,5-6,22H2,1-2H3/b15-10+,21-9?. The molecule has 0 aliphatic carbocycles. The van der Waals surface area contributed by atoms with Crippen LogP contribution in [-0.4, -0.2) is 27.6 Å². The van der Waals surface area contributed by atoms with Crippen LogP contribution >= 0.6 is 11.3 Å². The van der Waals surface area contributed by atoms with Crippen molar-refractivity contribution in [2.45, 2.75) is 26.3 Å². The van der Waals surface area contributed by atoms with E-state index in [1.165, 1.54) is 22.9 Å². The molecule has 0 atom stereocenters. The lowest BCUT2D eigenvalue weighted by molar-refractivity contribution is 0.326. The highest BCUT2D eigenvalue weighted by Crippen LogP contribution is 2.44. The molecule has 138 valence electrons. The maximum Gasteiger partial charge on any atom is 0.168 e. The van der Waals surface area contributed by atoms with Crippen LogP contribution in [0.2, 0.25) is 0 Å². The van der Waals surface area contributed by atoms with Crippen LogP contribution in [0.15, 0.2) is 36.8 Å². The number of nitrogens with zero attached hydrogens (tertiary/aromatic N) is 3. The molecule has 3 aromatic rings. The zero-order valence-electron chi connectivity index (χ0n) is 15.3. The molecular formula is C20H21N5OS. The van der Waals surface area contributed by atoms with Gasteiger partial charge < -0.3 is 15.9 Å². The molecular weight excluding hydrogens is 358 g/mol. The Balaban J connectivity index is 1.81. The SMILES string of the molecule is CC(C)n1ncnc1-c1cc2c(s1)-c1ccc(/C(C=N)=C/N)cc1OCC2. The zero-order chi connectivity index (χ0) is 19.0. The first-order valence-corrected chi connectivity index (χ1v) is 9.66. The van der Waals surface area contributed by atoms with Crippen molar-refractivity contribution in [3.05, 3.63) is 47.9 Å². The maximum atomic E-state index is 7.51. The fourth-order valence-electron chi connectivity index (χ4n) is 3.26.